The van der Waals surface area contributed by atoms with Gasteiger partial charge in [0.25, 0.3) is 0 Å². The van der Waals surface area contributed by atoms with Gasteiger partial charge in [-0.05, 0) is 19.3 Å². The maximum atomic E-state index is 11.5. The van der Waals surface area contributed by atoms with Crippen molar-refractivity contribution in [3.63, 3.8) is 0 Å². The molecule has 0 bridgehead atoms. The molecular formula is C9H17ClN2O3. The van der Waals surface area contributed by atoms with Gasteiger partial charge in [0.1, 0.15) is 0 Å². The van der Waals surface area contributed by atoms with Crippen LogP contribution in [-0.2, 0) is 14.3 Å². The monoisotopic (exact) mass is 236 g/mol. The molecule has 88 valence electrons. The summed E-state index contributed by atoms with van der Waals surface area (Å²) in [4.78, 5) is 24.0. The van der Waals surface area contributed by atoms with Gasteiger partial charge in [-0.2, -0.15) is 0 Å². The average molecular weight is 237 g/mol. The lowest BCUT2D eigenvalue weighted by Gasteiger charge is -2.36. The number of ether oxygens (including phenoxy) is 1. The molecule has 1 amide bonds. The van der Waals surface area contributed by atoms with E-state index in [0.29, 0.717) is 13.1 Å². The highest BCUT2D eigenvalue weighted by Crippen LogP contribution is 2.24. The Bertz CT molecular complexity index is 231. The van der Waals surface area contributed by atoms with Crippen LogP contribution in [0.2, 0.25) is 0 Å². The molecule has 0 aromatic heterocycles. The average Bonchev–Trinajstić information content (AvgIpc) is 2.12. The Labute approximate surface area is 95.3 Å². The zero-order valence-electron chi connectivity index (χ0n) is 8.77. The standard InChI is InChI=1S/C9H16N2O3.ClH/c1-14-9(13)8(12)11(6-5-10)7-3-2-4-7;/h7H,2-6,10H2,1H3;1H. The molecule has 6 heteroatoms. The van der Waals surface area contributed by atoms with Crippen molar-refractivity contribution in [1.29, 1.82) is 0 Å². The molecule has 0 aliphatic heterocycles. The predicted octanol–water partition coefficient (Wildman–Crippen LogP) is -0.0790. The third-order valence-electron chi connectivity index (χ3n) is 2.51. The van der Waals surface area contributed by atoms with E-state index >= 15 is 0 Å². The first-order chi connectivity index (χ1) is 6.70. The molecule has 1 rings (SSSR count). The number of hydrogen-bond donors (Lipinski definition) is 1. The molecule has 1 aliphatic rings. The van der Waals surface area contributed by atoms with Gasteiger partial charge < -0.3 is 15.4 Å². The number of halogens is 1. The minimum absolute atomic E-state index is 0. The van der Waals surface area contributed by atoms with Crippen LogP contribution in [0.25, 0.3) is 0 Å². The van der Waals surface area contributed by atoms with Gasteiger partial charge in [-0.3, -0.25) is 4.79 Å². The fourth-order valence-electron chi connectivity index (χ4n) is 1.49. The molecule has 0 unspecified atom stereocenters. The van der Waals surface area contributed by atoms with E-state index in [-0.39, 0.29) is 18.4 Å². The summed E-state index contributed by atoms with van der Waals surface area (Å²) in [6.07, 6.45) is 3.03. The first kappa shape index (κ1) is 14.2. The second kappa shape index (κ2) is 6.63. The molecule has 1 saturated carbocycles. The van der Waals surface area contributed by atoms with Crippen molar-refractivity contribution in [2.75, 3.05) is 20.2 Å². The number of hydrogen-bond acceptors (Lipinski definition) is 4. The van der Waals surface area contributed by atoms with Crippen molar-refractivity contribution in [2.24, 2.45) is 5.73 Å². The molecule has 1 fully saturated rings. The van der Waals surface area contributed by atoms with Gasteiger partial charge >= 0.3 is 11.9 Å². The van der Waals surface area contributed by atoms with E-state index in [1.165, 1.54) is 12.0 Å². The Morgan fingerprint density at radius 2 is 2.07 bits per heavy atom. The van der Waals surface area contributed by atoms with Gasteiger partial charge in [0.2, 0.25) is 0 Å². The van der Waals surface area contributed by atoms with E-state index in [2.05, 4.69) is 4.74 Å². The van der Waals surface area contributed by atoms with Gasteiger partial charge in [0.15, 0.2) is 0 Å². The van der Waals surface area contributed by atoms with Crippen LogP contribution in [0, 0.1) is 0 Å². The van der Waals surface area contributed by atoms with Crippen LogP contribution in [0.3, 0.4) is 0 Å². The van der Waals surface area contributed by atoms with E-state index in [0.717, 1.165) is 19.3 Å². The number of nitrogens with zero attached hydrogens (tertiary/aromatic N) is 1. The van der Waals surface area contributed by atoms with Crippen LogP contribution >= 0.6 is 12.4 Å². The van der Waals surface area contributed by atoms with Gasteiger partial charge in [0.05, 0.1) is 7.11 Å². The maximum absolute atomic E-state index is 11.5. The van der Waals surface area contributed by atoms with Crippen LogP contribution in [0.1, 0.15) is 19.3 Å². The molecular weight excluding hydrogens is 220 g/mol. The second-order valence-corrected chi connectivity index (χ2v) is 3.36. The number of nitrogens with two attached hydrogens (primary N) is 1. The summed E-state index contributed by atoms with van der Waals surface area (Å²) in [5, 5.41) is 0. The van der Waals surface area contributed by atoms with Gasteiger partial charge in [0, 0.05) is 19.1 Å². The van der Waals surface area contributed by atoms with Crippen molar-refractivity contribution >= 4 is 24.3 Å². The van der Waals surface area contributed by atoms with Crippen LogP contribution in [-0.4, -0.2) is 43.0 Å². The number of amides is 1. The molecule has 0 radical (unpaired) electrons. The summed E-state index contributed by atoms with van der Waals surface area (Å²) in [7, 11) is 1.21. The largest absolute Gasteiger partial charge is 0.462 e. The molecule has 2 N–H and O–H groups in total. The molecule has 15 heavy (non-hydrogen) atoms. The quantitative estimate of drug-likeness (QED) is 0.550. The zero-order chi connectivity index (χ0) is 10.6. The van der Waals surface area contributed by atoms with Gasteiger partial charge in [-0.1, -0.05) is 0 Å². The molecule has 0 aromatic carbocycles. The van der Waals surface area contributed by atoms with Crippen molar-refractivity contribution in [2.45, 2.75) is 25.3 Å². The van der Waals surface area contributed by atoms with E-state index in [1.807, 2.05) is 0 Å². The number of esters is 1. The van der Waals surface area contributed by atoms with Crippen molar-refractivity contribution in [1.82, 2.24) is 4.90 Å². The lowest BCUT2D eigenvalue weighted by atomic mass is 9.91. The predicted molar refractivity (Wildman–Crippen MR) is 57.7 cm³/mol. The number of rotatable bonds is 3. The Kier molecular flexibility index (Phi) is 6.27. The van der Waals surface area contributed by atoms with Crippen molar-refractivity contribution in [3.05, 3.63) is 0 Å². The summed E-state index contributed by atoms with van der Waals surface area (Å²) in [5.74, 6) is -1.37. The van der Waals surface area contributed by atoms with Crippen LogP contribution in [0.5, 0.6) is 0 Å². The molecule has 0 spiro atoms. The summed E-state index contributed by atoms with van der Waals surface area (Å²) >= 11 is 0. The highest BCUT2D eigenvalue weighted by Gasteiger charge is 2.32. The van der Waals surface area contributed by atoms with E-state index in [9.17, 15) is 9.59 Å². The first-order valence-electron chi connectivity index (χ1n) is 4.79. The fourth-order valence-corrected chi connectivity index (χ4v) is 1.49. The Morgan fingerprint density at radius 1 is 1.47 bits per heavy atom. The van der Waals surface area contributed by atoms with E-state index < -0.39 is 11.9 Å². The SMILES string of the molecule is COC(=O)C(=O)N(CCN)C1CCC1.Cl. The number of carbonyl (C=O) groups excluding carboxylic acids is 2. The lowest BCUT2D eigenvalue weighted by molar-refractivity contribution is -0.160. The highest BCUT2D eigenvalue weighted by atomic mass is 35.5. The van der Waals surface area contributed by atoms with Crippen LogP contribution in [0.15, 0.2) is 0 Å². The lowest BCUT2D eigenvalue weighted by Crippen LogP contribution is -2.49. The molecule has 0 saturated heterocycles. The van der Waals surface area contributed by atoms with Crippen molar-refractivity contribution < 1.29 is 14.3 Å². The zero-order valence-corrected chi connectivity index (χ0v) is 9.59. The summed E-state index contributed by atoms with van der Waals surface area (Å²) in [5.41, 5.74) is 5.38. The number of methoxy groups -OCH3 is 1. The van der Waals surface area contributed by atoms with Crippen LogP contribution in [0.4, 0.5) is 0 Å². The van der Waals surface area contributed by atoms with Crippen molar-refractivity contribution in [3.8, 4) is 0 Å². The third-order valence-corrected chi connectivity index (χ3v) is 2.51. The highest BCUT2D eigenvalue weighted by molar-refractivity contribution is 6.32. The molecule has 1 aliphatic carbocycles. The Hall–Kier alpha value is -0.810. The van der Waals surface area contributed by atoms with Crippen LogP contribution < -0.4 is 5.73 Å². The smallest absolute Gasteiger partial charge is 0.396 e. The Morgan fingerprint density at radius 3 is 2.40 bits per heavy atom. The topological polar surface area (TPSA) is 72.6 Å². The van der Waals surface area contributed by atoms with Gasteiger partial charge in [-0.25, -0.2) is 4.79 Å². The van der Waals surface area contributed by atoms with E-state index in [4.69, 9.17) is 5.73 Å². The Balaban J connectivity index is 0.00000196. The molecule has 0 heterocycles. The first-order valence-corrected chi connectivity index (χ1v) is 4.79. The third kappa shape index (κ3) is 3.35. The summed E-state index contributed by atoms with van der Waals surface area (Å²) < 4.78 is 4.39. The summed E-state index contributed by atoms with van der Waals surface area (Å²) in [6.45, 7) is 0.803. The molecule has 0 atom stereocenters. The fraction of sp³-hybridized carbons (Fsp3) is 0.778. The second-order valence-electron chi connectivity index (χ2n) is 3.36. The minimum atomic E-state index is -0.801. The molecule has 5 nitrogen and oxygen atoms in total. The van der Waals surface area contributed by atoms with Gasteiger partial charge in [-0.15, -0.1) is 12.4 Å². The minimum Gasteiger partial charge on any atom is -0.462 e. The van der Waals surface area contributed by atoms with E-state index in [1.54, 1.807) is 0 Å². The normalized spacial score (nSPS) is 14.8. The number of carbonyl (C=O) groups is 2. The molecule has 0 aromatic rings. The summed E-state index contributed by atoms with van der Waals surface area (Å²) in [6, 6.07) is 0.185. The maximum Gasteiger partial charge on any atom is 0.396 e.